The molecule has 0 radical (unpaired) electrons. The normalized spacial score (nSPS) is 16.9. The van der Waals surface area contributed by atoms with Crippen LogP contribution in [0.5, 0.6) is 0 Å². The van der Waals surface area contributed by atoms with Crippen molar-refractivity contribution in [1.82, 2.24) is 0 Å². The van der Waals surface area contributed by atoms with Gasteiger partial charge in [-0.05, 0) is 64.5 Å². The minimum absolute atomic E-state index is 0. The molecule has 4 heteroatoms. The molecule has 1 aromatic carbocycles. The molecule has 0 aliphatic heterocycles. The van der Waals surface area contributed by atoms with Crippen LogP contribution in [0.3, 0.4) is 0 Å². The first-order valence-electron chi connectivity index (χ1n) is 9.32. The quantitative estimate of drug-likeness (QED) is 0.380. The highest BCUT2D eigenvalue weighted by Gasteiger charge is 2.32. The molecular weight excluding hydrogens is 425 g/mol. The van der Waals surface area contributed by atoms with Gasteiger partial charge < -0.3 is 33.2 Å². The van der Waals surface area contributed by atoms with Crippen molar-refractivity contribution in [2.24, 2.45) is 0 Å². The molecule has 0 saturated heterocycles. The molecule has 1 aliphatic rings. The van der Waals surface area contributed by atoms with E-state index in [9.17, 15) is 4.79 Å². The largest absolute Gasteiger partial charge is 1.00 e. The number of hydrogen-bond acceptors (Lipinski definition) is 2. The minimum atomic E-state index is -0.179. The highest BCUT2D eigenvalue weighted by atomic mass is 127. The fourth-order valence-electron chi connectivity index (χ4n) is 4.37. The Morgan fingerprint density at radius 3 is 2.16 bits per heavy atom. The van der Waals surface area contributed by atoms with Crippen LogP contribution in [0.1, 0.15) is 66.1 Å². The number of quaternary nitrogens is 1. The Labute approximate surface area is 170 Å². The van der Waals surface area contributed by atoms with Crippen LogP contribution in [0.2, 0.25) is 0 Å². The van der Waals surface area contributed by atoms with Gasteiger partial charge in [0.15, 0.2) is 0 Å². The third-order valence-corrected chi connectivity index (χ3v) is 5.48. The summed E-state index contributed by atoms with van der Waals surface area (Å²) in [6, 6.07) is 4.80. The number of ether oxygens (including phenoxy) is 1. The Morgan fingerprint density at radius 1 is 1.12 bits per heavy atom. The third kappa shape index (κ3) is 5.95. The molecule has 0 unspecified atom stereocenters. The number of hydrogen-bond donors (Lipinski definition) is 0. The molecule has 2 rings (SSSR count). The fraction of sp³-hybridized carbons (Fsp3) is 0.667. The summed E-state index contributed by atoms with van der Waals surface area (Å²) >= 11 is 0. The van der Waals surface area contributed by atoms with Crippen molar-refractivity contribution in [2.75, 3.05) is 20.6 Å². The van der Waals surface area contributed by atoms with E-state index < -0.39 is 0 Å². The van der Waals surface area contributed by atoms with Crippen LogP contribution >= 0.6 is 0 Å². The first kappa shape index (κ1) is 22.4. The number of esters is 1. The zero-order chi connectivity index (χ0) is 17.9. The van der Waals surface area contributed by atoms with Crippen molar-refractivity contribution in [2.45, 2.75) is 71.9 Å². The fourth-order valence-corrected chi connectivity index (χ4v) is 4.37. The molecular formula is C21H34INO2. The van der Waals surface area contributed by atoms with Crippen LogP contribution < -0.4 is 24.0 Å². The second kappa shape index (κ2) is 9.36. The van der Waals surface area contributed by atoms with Gasteiger partial charge in [-0.2, -0.15) is 0 Å². The molecule has 0 aromatic heterocycles. The zero-order valence-electron chi connectivity index (χ0n) is 16.7. The number of rotatable bonds is 5. The van der Waals surface area contributed by atoms with Crippen LogP contribution in [0, 0.1) is 20.8 Å². The summed E-state index contributed by atoms with van der Waals surface area (Å²) < 4.78 is 6.75. The smallest absolute Gasteiger partial charge is 0.339 e. The summed E-state index contributed by atoms with van der Waals surface area (Å²) in [5, 5.41) is 0. The van der Waals surface area contributed by atoms with Crippen LogP contribution in [0.4, 0.5) is 0 Å². The Kier molecular flexibility index (Phi) is 8.39. The molecule has 0 spiro atoms. The monoisotopic (exact) mass is 459 g/mol. The van der Waals surface area contributed by atoms with E-state index >= 15 is 0 Å². The number of carbonyl (C=O) groups excluding carboxylic acids is 1. The first-order chi connectivity index (χ1) is 11.2. The zero-order valence-corrected chi connectivity index (χ0v) is 18.9. The lowest BCUT2D eigenvalue weighted by molar-refractivity contribution is -0.918. The van der Waals surface area contributed by atoms with Gasteiger partial charge >= 0.3 is 5.97 Å². The average molecular weight is 459 g/mol. The Hall–Kier alpha value is -0.620. The number of benzene rings is 1. The lowest BCUT2D eigenvalue weighted by Crippen LogP contribution is -3.00. The van der Waals surface area contributed by atoms with E-state index in [1.165, 1.54) is 37.7 Å². The highest BCUT2D eigenvalue weighted by Crippen LogP contribution is 2.26. The summed E-state index contributed by atoms with van der Waals surface area (Å²) in [4.78, 5) is 12.6. The van der Waals surface area contributed by atoms with Crippen LogP contribution in [0.25, 0.3) is 0 Å². The summed E-state index contributed by atoms with van der Waals surface area (Å²) in [5.74, 6) is -0.179. The highest BCUT2D eigenvalue weighted by molar-refractivity contribution is 5.92. The average Bonchev–Trinajstić information content (AvgIpc) is 2.46. The van der Waals surface area contributed by atoms with E-state index in [4.69, 9.17) is 4.74 Å². The Morgan fingerprint density at radius 2 is 1.64 bits per heavy atom. The molecule has 25 heavy (non-hydrogen) atoms. The van der Waals surface area contributed by atoms with Gasteiger partial charge in [0, 0.05) is 0 Å². The van der Waals surface area contributed by atoms with Crippen LogP contribution in [-0.2, 0) is 4.74 Å². The van der Waals surface area contributed by atoms with Gasteiger partial charge in [-0.15, -0.1) is 0 Å². The molecule has 0 bridgehead atoms. The molecule has 142 valence electrons. The van der Waals surface area contributed by atoms with Gasteiger partial charge in [0.05, 0.1) is 25.7 Å². The second-order valence-corrected chi connectivity index (χ2v) is 8.24. The van der Waals surface area contributed by atoms with E-state index in [0.717, 1.165) is 27.7 Å². The summed E-state index contributed by atoms with van der Waals surface area (Å²) in [6.07, 6.45) is 6.56. The number of nitrogens with zero attached hydrogens (tertiary/aromatic N) is 1. The van der Waals surface area contributed by atoms with E-state index in [1.54, 1.807) is 0 Å². The van der Waals surface area contributed by atoms with Crippen molar-refractivity contribution >= 4 is 5.97 Å². The van der Waals surface area contributed by atoms with Gasteiger partial charge in [0.25, 0.3) is 0 Å². The standard InChI is InChI=1S/C21H34NO2.HI/c1-15-12-16(2)20(17(3)13-15)21(23)24-18(4)14-22(5,6)19-10-8-7-9-11-19;/h12-13,18-19H,7-11,14H2,1-6H3;1H/q+1;/p-1/t18-;/m1./s1. The lowest BCUT2D eigenvalue weighted by atomic mass is 9.93. The third-order valence-electron chi connectivity index (χ3n) is 5.48. The maximum atomic E-state index is 12.6. The van der Waals surface area contributed by atoms with Gasteiger partial charge in [0.2, 0.25) is 0 Å². The molecule has 0 heterocycles. The van der Waals surface area contributed by atoms with Crippen molar-refractivity contribution in [1.29, 1.82) is 0 Å². The molecule has 1 atom stereocenters. The Bertz CT molecular complexity index is 569. The topological polar surface area (TPSA) is 26.3 Å². The van der Waals surface area contributed by atoms with Crippen LogP contribution in [0.15, 0.2) is 12.1 Å². The molecule has 1 aliphatic carbocycles. The van der Waals surface area contributed by atoms with E-state index in [-0.39, 0.29) is 36.0 Å². The van der Waals surface area contributed by atoms with E-state index in [0.29, 0.717) is 6.04 Å². The molecule has 0 N–H and O–H groups in total. The lowest BCUT2D eigenvalue weighted by Gasteiger charge is -2.41. The summed E-state index contributed by atoms with van der Waals surface area (Å²) in [7, 11) is 4.56. The molecule has 1 aromatic rings. The van der Waals surface area contributed by atoms with Crippen LogP contribution in [-0.4, -0.2) is 43.2 Å². The maximum absolute atomic E-state index is 12.6. The second-order valence-electron chi connectivity index (χ2n) is 8.24. The molecule has 1 fully saturated rings. The molecule has 0 amide bonds. The van der Waals surface area contributed by atoms with Crippen molar-refractivity contribution in [3.63, 3.8) is 0 Å². The van der Waals surface area contributed by atoms with Gasteiger partial charge in [-0.25, -0.2) is 4.79 Å². The Balaban J connectivity index is 0.00000312. The van der Waals surface area contributed by atoms with E-state index in [1.807, 2.05) is 20.8 Å². The number of halogens is 1. The predicted octanol–water partition coefficient (Wildman–Crippen LogP) is 1.57. The summed E-state index contributed by atoms with van der Waals surface area (Å²) in [5.41, 5.74) is 3.93. The number of carbonyl (C=O) groups is 1. The molecule has 1 saturated carbocycles. The number of likely N-dealkylation sites (N-methyl/N-ethyl adjacent to an activating group) is 1. The minimum Gasteiger partial charge on any atom is -1.00 e. The van der Waals surface area contributed by atoms with Gasteiger partial charge in [-0.1, -0.05) is 24.1 Å². The van der Waals surface area contributed by atoms with Crippen molar-refractivity contribution in [3.05, 3.63) is 34.4 Å². The molecule has 3 nitrogen and oxygen atoms in total. The van der Waals surface area contributed by atoms with E-state index in [2.05, 4.69) is 33.2 Å². The first-order valence-corrected chi connectivity index (χ1v) is 9.32. The SMILES string of the molecule is Cc1cc(C)c(C(=O)O[C@H](C)C[N+](C)(C)C2CCCCC2)c(C)c1.[I-]. The van der Waals surface area contributed by atoms with Gasteiger partial charge in [0.1, 0.15) is 12.6 Å². The van der Waals surface area contributed by atoms with Crippen molar-refractivity contribution < 1.29 is 38.0 Å². The maximum Gasteiger partial charge on any atom is 0.339 e. The summed E-state index contributed by atoms with van der Waals surface area (Å²) in [6.45, 7) is 8.94. The van der Waals surface area contributed by atoms with Crippen molar-refractivity contribution in [3.8, 4) is 0 Å². The van der Waals surface area contributed by atoms with Gasteiger partial charge in [-0.3, -0.25) is 0 Å². The number of aryl methyl sites for hydroxylation is 3. The predicted molar refractivity (Wildman–Crippen MR) is 99.4 cm³/mol.